The van der Waals surface area contributed by atoms with Crippen LogP contribution in [0.3, 0.4) is 0 Å². The van der Waals surface area contributed by atoms with Gasteiger partial charge in [-0.2, -0.15) is 0 Å². The Kier molecular flexibility index (Phi) is 4.77. The quantitative estimate of drug-likeness (QED) is 0.925. The van der Waals surface area contributed by atoms with Crippen LogP contribution in [0, 0.1) is 5.92 Å². The van der Waals surface area contributed by atoms with Crippen LogP contribution in [0.25, 0.3) is 0 Å². The molecule has 1 aromatic carbocycles. The number of halogens is 2. The van der Waals surface area contributed by atoms with Crippen molar-refractivity contribution in [1.82, 2.24) is 0 Å². The monoisotopic (exact) mass is 321 g/mol. The summed E-state index contributed by atoms with van der Waals surface area (Å²) in [4.78, 5) is 0.00628. The highest BCUT2D eigenvalue weighted by molar-refractivity contribution is 7.91. The molecule has 0 amide bonds. The molecule has 1 atom stereocenters. The normalized spacial score (nSPS) is 18.7. The maximum atomic E-state index is 12.4. The van der Waals surface area contributed by atoms with Gasteiger partial charge >= 0.3 is 0 Å². The van der Waals surface area contributed by atoms with Crippen molar-refractivity contribution < 1.29 is 8.42 Å². The minimum Gasteiger partial charge on any atom is -0.327 e. The topological polar surface area (TPSA) is 60.2 Å². The van der Waals surface area contributed by atoms with Gasteiger partial charge in [-0.25, -0.2) is 8.42 Å². The van der Waals surface area contributed by atoms with Crippen molar-refractivity contribution in [1.29, 1.82) is 0 Å². The van der Waals surface area contributed by atoms with Crippen LogP contribution >= 0.6 is 23.2 Å². The Labute approximate surface area is 124 Å². The lowest BCUT2D eigenvalue weighted by Crippen LogP contribution is -2.36. The van der Waals surface area contributed by atoms with Crippen molar-refractivity contribution in [2.24, 2.45) is 11.7 Å². The van der Waals surface area contributed by atoms with Gasteiger partial charge in [-0.1, -0.05) is 42.1 Å². The average Bonchev–Trinajstić information content (AvgIpc) is 2.80. The molecule has 0 heterocycles. The van der Waals surface area contributed by atoms with E-state index in [1.165, 1.54) is 12.1 Å². The first-order valence-corrected chi connectivity index (χ1v) is 8.75. The third-order valence-corrected chi connectivity index (χ3v) is 6.39. The summed E-state index contributed by atoms with van der Waals surface area (Å²) < 4.78 is 24.8. The fourth-order valence-electron chi connectivity index (χ4n) is 2.64. The van der Waals surface area contributed by atoms with E-state index >= 15 is 0 Å². The first-order chi connectivity index (χ1) is 8.92. The predicted molar refractivity (Wildman–Crippen MR) is 78.4 cm³/mol. The van der Waals surface area contributed by atoms with Crippen LogP contribution in [0.15, 0.2) is 23.1 Å². The lowest BCUT2D eigenvalue weighted by Gasteiger charge is -2.19. The molecule has 1 aromatic rings. The Hall–Kier alpha value is -0.290. The second-order valence-electron chi connectivity index (χ2n) is 5.04. The Bertz CT molecular complexity index is 534. The van der Waals surface area contributed by atoms with Crippen LogP contribution in [0.5, 0.6) is 0 Å². The van der Waals surface area contributed by atoms with Crippen LogP contribution in [0.2, 0.25) is 10.0 Å². The SMILES string of the molecule is NC(CS(=O)(=O)c1c(Cl)cccc1Cl)C1CCCC1. The highest BCUT2D eigenvalue weighted by Crippen LogP contribution is 2.32. The number of sulfone groups is 1. The average molecular weight is 322 g/mol. The minimum atomic E-state index is -3.55. The molecule has 1 fully saturated rings. The second kappa shape index (κ2) is 6.00. The van der Waals surface area contributed by atoms with Gasteiger partial charge in [0.15, 0.2) is 9.84 Å². The molecule has 1 aliphatic rings. The summed E-state index contributed by atoms with van der Waals surface area (Å²) in [6.07, 6.45) is 4.27. The molecule has 6 heteroatoms. The van der Waals surface area contributed by atoms with Crippen LogP contribution in [0.1, 0.15) is 25.7 Å². The van der Waals surface area contributed by atoms with Crippen molar-refractivity contribution >= 4 is 33.0 Å². The lowest BCUT2D eigenvalue weighted by atomic mass is 10.0. The molecule has 0 aromatic heterocycles. The largest absolute Gasteiger partial charge is 0.327 e. The lowest BCUT2D eigenvalue weighted by molar-refractivity contribution is 0.455. The fourth-order valence-corrected chi connectivity index (χ4v) is 5.42. The number of hydrogen-bond acceptors (Lipinski definition) is 3. The number of hydrogen-bond donors (Lipinski definition) is 1. The van der Waals surface area contributed by atoms with Crippen LogP contribution in [-0.4, -0.2) is 20.2 Å². The van der Waals surface area contributed by atoms with Gasteiger partial charge in [0.2, 0.25) is 0 Å². The van der Waals surface area contributed by atoms with Gasteiger partial charge in [0.25, 0.3) is 0 Å². The molecule has 0 spiro atoms. The van der Waals surface area contributed by atoms with E-state index in [0.717, 1.165) is 25.7 Å². The molecule has 19 heavy (non-hydrogen) atoms. The summed E-state index contributed by atoms with van der Waals surface area (Å²) in [7, 11) is -3.55. The predicted octanol–water partition coefficient (Wildman–Crippen LogP) is 3.28. The van der Waals surface area contributed by atoms with Gasteiger partial charge in [0, 0.05) is 6.04 Å². The smallest absolute Gasteiger partial charge is 0.182 e. The van der Waals surface area contributed by atoms with Gasteiger partial charge in [-0.3, -0.25) is 0 Å². The molecule has 2 N–H and O–H groups in total. The molecule has 2 rings (SSSR count). The molecule has 106 valence electrons. The Morgan fingerprint density at radius 2 is 1.74 bits per heavy atom. The molecule has 0 radical (unpaired) electrons. The second-order valence-corrected chi connectivity index (χ2v) is 7.83. The molecule has 0 bridgehead atoms. The highest BCUT2D eigenvalue weighted by atomic mass is 35.5. The van der Waals surface area contributed by atoms with Crippen molar-refractivity contribution in [2.45, 2.75) is 36.6 Å². The van der Waals surface area contributed by atoms with Crippen molar-refractivity contribution in [3.05, 3.63) is 28.2 Å². The number of rotatable bonds is 4. The molecule has 0 saturated heterocycles. The number of benzene rings is 1. The van der Waals surface area contributed by atoms with E-state index < -0.39 is 9.84 Å². The van der Waals surface area contributed by atoms with Gasteiger partial charge in [-0.05, 0) is 30.9 Å². The van der Waals surface area contributed by atoms with Crippen LogP contribution in [0.4, 0.5) is 0 Å². The molecule has 1 aliphatic carbocycles. The first-order valence-electron chi connectivity index (χ1n) is 6.34. The van der Waals surface area contributed by atoms with Crippen LogP contribution in [-0.2, 0) is 9.84 Å². The summed E-state index contributed by atoms with van der Waals surface area (Å²) in [5, 5.41) is 0.317. The Morgan fingerprint density at radius 3 is 2.26 bits per heavy atom. The zero-order valence-electron chi connectivity index (χ0n) is 10.5. The van der Waals surface area contributed by atoms with E-state index in [4.69, 9.17) is 28.9 Å². The van der Waals surface area contributed by atoms with E-state index in [0.29, 0.717) is 0 Å². The third-order valence-electron chi connectivity index (χ3n) is 3.65. The summed E-state index contributed by atoms with van der Waals surface area (Å²) in [6, 6.07) is 4.34. The van der Waals surface area contributed by atoms with E-state index in [2.05, 4.69) is 0 Å². The summed E-state index contributed by atoms with van der Waals surface area (Å²) in [5.74, 6) is 0.192. The Balaban J connectivity index is 2.22. The van der Waals surface area contributed by atoms with E-state index in [9.17, 15) is 8.42 Å². The zero-order chi connectivity index (χ0) is 14.0. The van der Waals surface area contributed by atoms with Crippen molar-refractivity contribution in [3.8, 4) is 0 Å². The van der Waals surface area contributed by atoms with Crippen molar-refractivity contribution in [2.75, 3.05) is 5.75 Å². The third kappa shape index (κ3) is 3.43. The summed E-state index contributed by atoms with van der Waals surface area (Å²) >= 11 is 11.9. The molecule has 1 saturated carbocycles. The maximum Gasteiger partial charge on any atom is 0.182 e. The van der Waals surface area contributed by atoms with Gasteiger partial charge in [-0.15, -0.1) is 0 Å². The van der Waals surface area contributed by atoms with Crippen molar-refractivity contribution in [3.63, 3.8) is 0 Å². The first kappa shape index (κ1) is 15.1. The summed E-state index contributed by atoms with van der Waals surface area (Å²) in [6.45, 7) is 0. The summed E-state index contributed by atoms with van der Waals surface area (Å²) in [5.41, 5.74) is 6.04. The van der Waals surface area contributed by atoms with E-state index in [1.807, 2.05) is 0 Å². The number of nitrogens with two attached hydrogens (primary N) is 1. The molecular weight excluding hydrogens is 305 g/mol. The molecule has 0 aliphatic heterocycles. The molecular formula is C13H17Cl2NO2S. The highest BCUT2D eigenvalue weighted by Gasteiger charge is 2.29. The van der Waals surface area contributed by atoms with E-state index in [-0.39, 0.29) is 32.7 Å². The van der Waals surface area contributed by atoms with Gasteiger partial charge in [0.05, 0.1) is 15.8 Å². The zero-order valence-corrected chi connectivity index (χ0v) is 12.8. The minimum absolute atomic E-state index is 0.00628. The van der Waals surface area contributed by atoms with E-state index in [1.54, 1.807) is 6.07 Å². The Morgan fingerprint density at radius 1 is 1.21 bits per heavy atom. The molecule has 1 unspecified atom stereocenters. The fraction of sp³-hybridized carbons (Fsp3) is 0.538. The van der Waals surface area contributed by atoms with Gasteiger partial charge in [0.1, 0.15) is 4.90 Å². The maximum absolute atomic E-state index is 12.4. The van der Waals surface area contributed by atoms with Crippen LogP contribution < -0.4 is 5.73 Å². The van der Waals surface area contributed by atoms with Gasteiger partial charge < -0.3 is 5.73 Å². The standard InChI is InChI=1S/C13H17Cl2NO2S/c14-10-6-3-7-11(15)13(10)19(17,18)8-12(16)9-4-1-2-5-9/h3,6-7,9,12H,1-2,4-5,8,16H2. The molecule has 3 nitrogen and oxygen atoms in total.